The second-order valence-electron chi connectivity index (χ2n) is 6.48. The summed E-state index contributed by atoms with van der Waals surface area (Å²) < 4.78 is 43.2. The zero-order valence-corrected chi connectivity index (χ0v) is 16.7. The Kier molecular flexibility index (Phi) is 6.03. The monoisotopic (exact) mass is 395 g/mol. The van der Waals surface area contributed by atoms with E-state index in [0.29, 0.717) is 37.7 Å². The molecule has 1 aromatic heterocycles. The highest BCUT2D eigenvalue weighted by molar-refractivity contribution is 7.89. The van der Waals surface area contributed by atoms with Crippen molar-refractivity contribution >= 4 is 10.0 Å². The lowest BCUT2D eigenvalue weighted by atomic mass is 10.3. The summed E-state index contributed by atoms with van der Waals surface area (Å²) in [5.74, 6) is 1.68. The molecule has 148 valence electrons. The van der Waals surface area contributed by atoms with E-state index in [-0.39, 0.29) is 4.90 Å². The topological polar surface area (TPSA) is 85.1 Å². The SMILES string of the molecule is COc1ccc(S(=O)(=O)N2CCCN(Cc3cc(C)on3)CC2)cc1OC. The molecule has 0 atom stereocenters. The second kappa shape index (κ2) is 8.28. The Bertz CT molecular complexity index is 881. The fraction of sp³-hybridized carbons (Fsp3) is 0.500. The molecule has 0 aliphatic carbocycles. The largest absolute Gasteiger partial charge is 0.493 e. The van der Waals surface area contributed by atoms with Crippen LogP contribution in [0.2, 0.25) is 0 Å². The van der Waals surface area contributed by atoms with Crippen LogP contribution in [0, 0.1) is 6.92 Å². The Morgan fingerprint density at radius 3 is 2.52 bits per heavy atom. The number of benzene rings is 1. The average Bonchev–Trinajstić information content (AvgIpc) is 2.92. The molecule has 8 nitrogen and oxygen atoms in total. The molecule has 3 rings (SSSR count). The summed E-state index contributed by atoms with van der Waals surface area (Å²) in [7, 11) is -0.589. The zero-order chi connectivity index (χ0) is 19.4. The maximum absolute atomic E-state index is 13.1. The number of hydrogen-bond acceptors (Lipinski definition) is 7. The van der Waals surface area contributed by atoms with E-state index in [1.165, 1.54) is 24.6 Å². The first-order valence-electron chi connectivity index (χ1n) is 8.81. The Balaban J connectivity index is 1.72. The van der Waals surface area contributed by atoms with Gasteiger partial charge in [-0.3, -0.25) is 4.90 Å². The highest BCUT2D eigenvalue weighted by atomic mass is 32.2. The van der Waals surface area contributed by atoms with Gasteiger partial charge in [0.1, 0.15) is 5.76 Å². The molecule has 2 heterocycles. The summed E-state index contributed by atoms with van der Waals surface area (Å²) in [5, 5.41) is 4.02. The molecule has 1 saturated heterocycles. The van der Waals surface area contributed by atoms with Gasteiger partial charge in [0, 0.05) is 38.3 Å². The van der Waals surface area contributed by atoms with Crippen LogP contribution in [-0.4, -0.2) is 63.2 Å². The van der Waals surface area contributed by atoms with Gasteiger partial charge in [0.2, 0.25) is 10.0 Å². The average molecular weight is 395 g/mol. The van der Waals surface area contributed by atoms with Gasteiger partial charge in [0.25, 0.3) is 0 Å². The van der Waals surface area contributed by atoms with E-state index in [0.717, 1.165) is 24.4 Å². The minimum absolute atomic E-state index is 0.209. The molecule has 0 bridgehead atoms. The van der Waals surface area contributed by atoms with E-state index in [1.54, 1.807) is 12.1 Å². The van der Waals surface area contributed by atoms with E-state index in [4.69, 9.17) is 14.0 Å². The molecule has 9 heteroatoms. The van der Waals surface area contributed by atoms with E-state index >= 15 is 0 Å². The van der Waals surface area contributed by atoms with Gasteiger partial charge in [-0.05, 0) is 32.0 Å². The van der Waals surface area contributed by atoms with Crippen LogP contribution in [0.25, 0.3) is 0 Å². The predicted molar refractivity (Wildman–Crippen MR) is 99.4 cm³/mol. The van der Waals surface area contributed by atoms with Crippen molar-refractivity contribution in [1.82, 2.24) is 14.4 Å². The third-order valence-corrected chi connectivity index (χ3v) is 6.50. The summed E-state index contributed by atoms with van der Waals surface area (Å²) in [4.78, 5) is 2.40. The van der Waals surface area contributed by atoms with E-state index < -0.39 is 10.0 Å². The van der Waals surface area contributed by atoms with Gasteiger partial charge in [-0.25, -0.2) is 8.42 Å². The molecule has 2 aromatic rings. The molecular weight excluding hydrogens is 370 g/mol. The quantitative estimate of drug-likeness (QED) is 0.738. The number of sulfonamides is 1. The lowest BCUT2D eigenvalue weighted by molar-refractivity contribution is 0.268. The van der Waals surface area contributed by atoms with Crippen molar-refractivity contribution in [2.24, 2.45) is 0 Å². The molecule has 1 aliphatic heterocycles. The van der Waals surface area contributed by atoms with Crippen LogP contribution >= 0.6 is 0 Å². The standard InChI is InChI=1S/C18H25N3O5S/c1-14-11-15(19-26-14)13-20-7-4-8-21(10-9-20)27(22,23)16-5-6-17(24-2)18(12-16)25-3/h5-6,11-12H,4,7-10,13H2,1-3H3. The fourth-order valence-corrected chi connectivity index (χ4v) is 4.68. The first-order chi connectivity index (χ1) is 12.9. The molecule has 0 unspecified atom stereocenters. The Morgan fingerprint density at radius 2 is 1.85 bits per heavy atom. The van der Waals surface area contributed by atoms with Crippen molar-refractivity contribution in [2.45, 2.75) is 24.8 Å². The highest BCUT2D eigenvalue weighted by Crippen LogP contribution is 2.31. The van der Waals surface area contributed by atoms with Crippen LogP contribution in [0.5, 0.6) is 11.5 Å². The molecule has 1 aromatic carbocycles. The number of aromatic nitrogens is 1. The lowest BCUT2D eigenvalue weighted by Crippen LogP contribution is -2.35. The molecule has 0 N–H and O–H groups in total. The number of nitrogens with zero attached hydrogens (tertiary/aromatic N) is 3. The predicted octanol–water partition coefficient (Wildman–Crippen LogP) is 1.90. The zero-order valence-electron chi connectivity index (χ0n) is 15.8. The minimum Gasteiger partial charge on any atom is -0.493 e. The first-order valence-corrected chi connectivity index (χ1v) is 10.2. The smallest absolute Gasteiger partial charge is 0.243 e. The van der Waals surface area contributed by atoms with Crippen molar-refractivity contribution < 1.29 is 22.4 Å². The Morgan fingerprint density at radius 1 is 1.07 bits per heavy atom. The van der Waals surface area contributed by atoms with Gasteiger partial charge in [-0.1, -0.05) is 5.16 Å². The highest BCUT2D eigenvalue weighted by Gasteiger charge is 2.28. The van der Waals surface area contributed by atoms with Crippen molar-refractivity contribution in [2.75, 3.05) is 40.4 Å². The molecule has 0 radical (unpaired) electrons. The van der Waals surface area contributed by atoms with E-state index in [2.05, 4.69) is 10.1 Å². The normalized spacial score (nSPS) is 16.9. The van der Waals surface area contributed by atoms with Crippen LogP contribution in [-0.2, 0) is 16.6 Å². The summed E-state index contributed by atoms with van der Waals surface area (Å²) in [6.07, 6.45) is 0.753. The van der Waals surface area contributed by atoms with Crippen LogP contribution in [0.15, 0.2) is 33.7 Å². The molecule has 0 spiro atoms. The Labute approximate surface area is 159 Å². The third-order valence-electron chi connectivity index (χ3n) is 4.60. The number of methoxy groups -OCH3 is 2. The number of hydrogen-bond donors (Lipinski definition) is 0. The van der Waals surface area contributed by atoms with Crippen LogP contribution in [0.3, 0.4) is 0 Å². The minimum atomic E-state index is -3.60. The van der Waals surface area contributed by atoms with Gasteiger partial charge >= 0.3 is 0 Å². The molecule has 27 heavy (non-hydrogen) atoms. The number of rotatable bonds is 6. The summed E-state index contributed by atoms with van der Waals surface area (Å²) >= 11 is 0. The number of ether oxygens (including phenoxy) is 2. The fourth-order valence-electron chi connectivity index (χ4n) is 3.19. The van der Waals surface area contributed by atoms with Gasteiger partial charge in [-0.15, -0.1) is 0 Å². The lowest BCUT2D eigenvalue weighted by Gasteiger charge is -2.21. The van der Waals surface area contributed by atoms with E-state index in [1.807, 2.05) is 13.0 Å². The van der Waals surface area contributed by atoms with Crippen LogP contribution < -0.4 is 9.47 Å². The summed E-state index contributed by atoms with van der Waals surface area (Å²) in [6, 6.07) is 6.58. The van der Waals surface area contributed by atoms with Crippen molar-refractivity contribution in [3.05, 3.63) is 35.7 Å². The molecule has 1 aliphatic rings. The summed E-state index contributed by atoms with van der Waals surface area (Å²) in [6.45, 7) is 4.86. The number of aryl methyl sites for hydroxylation is 1. The van der Waals surface area contributed by atoms with Crippen LogP contribution in [0.4, 0.5) is 0 Å². The molecule has 0 amide bonds. The van der Waals surface area contributed by atoms with Crippen molar-refractivity contribution in [3.63, 3.8) is 0 Å². The van der Waals surface area contributed by atoms with Crippen LogP contribution in [0.1, 0.15) is 17.9 Å². The van der Waals surface area contributed by atoms with Crippen molar-refractivity contribution in [3.8, 4) is 11.5 Å². The first kappa shape index (κ1) is 19.7. The third kappa shape index (κ3) is 4.42. The summed E-state index contributed by atoms with van der Waals surface area (Å²) in [5.41, 5.74) is 0.865. The Hall–Kier alpha value is -2.10. The van der Waals surface area contributed by atoms with Gasteiger partial charge < -0.3 is 14.0 Å². The van der Waals surface area contributed by atoms with E-state index in [9.17, 15) is 8.42 Å². The van der Waals surface area contributed by atoms with Gasteiger partial charge in [0.15, 0.2) is 11.5 Å². The maximum atomic E-state index is 13.1. The van der Waals surface area contributed by atoms with Gasteiger partial charge in [0.05, 0.1) is 24.8 Å². The maximum Gasteiger partial charge on any atom is 0.243 e. The van der Waals surface area contributed by atoms with Crippen molar-refractivity contribution in [1.29, 1.82) is 0 Å². The van der Waals surface area contributed by atoms with Gasteiger partial charge in [-0.2, -0.15) is 4.31 Å². The molecule has 0 saturated carbocycles. The molecular formula is C18H25N3O5S. The second-order valence-corrected chi connectivity index (χ2v) is 8.42. The molecule has 1 fully saturated rings.